The minimum absolute atomic E-state index is 0.0676. The number of sulfonamides is 1. The number of methoxy groups -OCH3 is 1. The van der Waals surface area contributed by atoms with E-state index in [4.69, 9.17) is 11.2 Å². The van der Waals surface area contributed by atoms with Crippen LogP contribution in [0.15, 0.2) is 53.4 Å². The quantitative estimate of drug-likeness (QED) is 0.510. The van der Waals surface area contributed by atoms with E-state index in [1.165, 1.54) is 31.4 Å². The fourth-order valence-electron chi connectivity index (χ4n) is 2.06. The second-order valence-electron chi connectivity index (χ2n) is 5.40. The van der Waals surface area contributed by atoms with Crippen LogP contribution in [0.4, 0.5) is 5.69 Å². The Bertz CT molecular complexity index is 994. The molecule has 0 saturated carbocycles. The topological polar surface area (TPSA) is 111 Å². The lowest BCUT2D eigenvalue weighted by Gasteiger charge is -2.09. The van der Waals surface area contributed by atoms with E-state index < -0.39 is 21.9 Å². The first-order chi connectivity index (χ1) is 13.4. The number of carbonyl (C=O) groups excluding carboxylic acids is 2. The van der Waals surface area contributed by atoms with E-state index in [1.807, 2.05) is 0 Å². The highest BCUT2D eigenvalue weighted by atomic mass is 32.2. The summed E-state index contributed by atoms with van der Waals surface area (Å²) in [7, 11) is -2.54. The normalized spacial score (nSPS) is 10.6. The number of carbonyl (C=O) groups is 2. The molecule has 0 fully saturated rings. The molecule has 0 spiro atoms. The first-order valence-electron chi connectivity index (χ1n) is 8.00. The van der Waals surface area contributed by atoms with Crippen LogP contribution in [-0.2, 0) is 19.6 Å². The predicted molar refractivity (Wildman–Crippen MR) is 102 cm³/mol. The molecule has 2 rings (SSSR count). The van der Waals surface area contributed by atoms with Gasteiger partial charge in [-0.25, -0.2) is 13.2 Å². The van der Waals surface area contributed by atoms with Gasteiger partial charge >= 0.3 is 5.97 Å². The summed E-state index contributed by atoms with van der Waals surface area (Å²) >= 11 is 0. The second-order valence-corrected chi connectivity index (χ2v) is 7.17. The van der Waals surface area contributed by atoms with Gasteiger partial charge in [0, 0.05) is 11.3 Å². The van der Waals surface area contributed by atoms with Crippen molar-refractivity contribution < 1.29 is 27.5 Å². The van der Waals surface area contributed by atoms with E-state index in [1.54, 1.807) is 24.3 Å². The first-order valence-corrected chi connectivity index (χ1v) is 9.48. The lowest BCUT2D eigenvalue weighted by atomic mass is 10.2. The van der Waals surface area contributed by atoms with Crippen molar-refractivity contribution in [1.29, 1.82) is 0 Å². The Balaban J connectivity index is 2.06. The van der Waals surface area contributed by atoms with E-state index in [9.17, 15) is 18.0 Å². The fourth-order valence-corrected chi connectivity index (χ4v) is 3.04. The van der Waals surface area contributed by atoms with E-state index in [0.717, 1.165) is 0 Å². The lowest BCUT2D eigenvalue weighted by molar-refractivity contribution is -0.142. The van der Waals surface area contributed by atoms with Crippen molar-refractivity contribution in [1.82, 2.24) is 4.72 Å². The first kappa shape index (κ1) is 21.0. The number of nitrogens with one attached hydrogen (secondary N) is 2. The van der Waals surface area contributed by atoms with E-state index >= 15 is 0 Å². The van der Waals surface area contributed by atoms with Gasteiger partial charge in [0.15, 0.2) is 6.61 Å². The maximum absolute atomic E-state index is 12.4. The molecule has 0 unspecified atom stereocenters. The number of anilines is 1. The van der Waals surface area contributed by atoms with Crippen LogP contribution in [0.5, 0.6) is 5.75 Å². The Morgan fingerprint density at radius 1 is 1.14 bits per heavy atom. The molecule has 28 heavy (non-hydrogen) atoms. The maximum Gasteiger partial charge on any atom is 0.343 e. The third kappa shape index (κ3) is 5.84. The van der Waals surface area contributed by atoms with Crippen LogP contribution in [0.3, 0.4) is 0 Å². The number of hydrogen-bond acceptors (Lipinski definition) is 6. The third-order valence-electron chi connectivity index (χ3n) is 3.47. The summed E-state index contributed by atoms with van der Waals surface area (Å²) < 4.78 is 36.1. The predicted octanol–water partition coefficient (Wildman–Crippen LogP) is 1.40. The Morgan fingerprint density at radius 2 is 1.86 bits per heavy atom. The van der Waals surface area contributed by atoms with Crippen LogP contribution in [0, 0.1) is 12.3 Å². The van der Waals surface area contributed by atoms with E-state index in [-0.39, 0.29) is 23.6 Å². The molecule has 2 N–H and O–H groups in total. The summed E-state index contributed by atoms with van der Waals surface area (Å²) in [6.07, 6.45) is 5.06. The Kier molecular flexibility index (Phi) is 7.14. The summed E-state index contributed by atoms with van der Waals surface area (Å²) in [5.41, 5.74) is 0.628. The highest BCUT2D eigenvalue weighted by Crippen LogP contribution is 2.17. The molecule has 0 aliphatic heterocycles. The molecule has 0 aliphatic rings. The lowest BCUT2D eigenvalue weighted by Crippen LogP contribution is -2.24. The summed E-state index contributed by atoms with van der Waals surface area (Å²) in [6, 6.07) is 11.9. The maximum atomic E-state index is 12.4. The van der Waals surface area contributed by atoms with Gasteiger partial charge in [-0.05, 0) is 42.5 Å². The molecular formula is C19H18N2O6S. The number of terminal acetylenes is 1. The number of rotatable bonds is 8. The number of benzene rings is 2. The van der Waals surface area contributed by atoms with E-state index in [0.29, 0.717) is 11.4 Å². The van der Waals surface area contributed by atoms with Gasteiger partial charge in [0.1, 0.15) is 5.75 Å². The zero-order valence-corrected chi connectivity index (χ0v) is 15.8. The smallest absolute Gasteiger partial charge is 0.343 e. The molecule has 2 aromatic rings. The molecule has 146 valence electrons. The van der Waals surface area contributed by atoms with Gasteiger partial charge < -0.3 is 14.8 Å². The van der Waals surface area contributed by atoms with Crippen LogP contribution >= 0.6 is 0 Å². The Morgan fingerprint density at radius 3 is 2.50 bits per heavy atom. The van der Waals surface area contributed by atoms with Crippen molar-refractivity contribution in [3.63, 3.8) is 0 Å². The highest BCUT2D eigenvalue weighted by Gasteiger charge is 2.15. The molecule has 0 atom stereocenters. The zero-order valence-electron chi connectivity index (χ0n) is 15.0. The minimum Gasteiger partial charge on any atom is -0.482 e. The highest BCUT2D eigenvalue weighted by molar-refractivity contribution is 7.89. The molecule has 2 aromatic carbocycles. The molecule has 1 amide bonds. The van der Waals surface area contributed by atoms with Crippen molar-refractivity contribution in [2.45, 2.75) is 4.90 Å². The molecule has 0 aliphatic carbocycles. The standard InChI is InChI=1S/C19H18N2O6S/c1-3-11-20-28(24,25)17-6-4-5-14(12-17)19(23)21-15-7-9-16(10-8-15)27-13-18(22)26-2/h1,4-10,12,20H,11,13H2,2H3,(H,21,23). The van der Waals surface area contributed by atoms with Crippen LogP contribution in [0.1, 0.15) is 10.4 Å². The minimum atomic E-state index is -3.80. The van der Waals surface area contributed by atoms with Crippen LogP contribution in [-0.4, -0.2) is 40.6 Å². The van der Waals surface area contributed by atoms with Crippen LogP contribution in [0.25, 0.3) is 0 Å². The average molecular weight is 402 g/mol. The number of hydrogen-bond donors (Lipinski definition) is 2. The Hall–Kier alpha value is -3.35. The summed E-state index contributed by atoms with van der Waals surface area (Å²) in [5.74, 6) is 1.61. The number of ether oxygens (including phenoxy) is 2. The van der Waals surface area contributed by atoms with Crippen molar-refractivity contribution in [3.8, 4) is 18.1 Å². The largest absolute Gasteiger partial charge is 0.482 e. The van der Waals surface area contributed by atoms with Gasteiger partial charge in [-0.1, -0.05) is 12.0 Å². The number of amides is 1. The third-order valence-corrected chi connectivity index (χ3v) is 4.87. The van der Waals surface area contributed by atoms with Crippen molar-refractivity contribution in [2.75, 3.05) is 25.6 Å². The molecule has 0 radical (unpaired) electrons. The molecule has 0 saturated heterocycles. The van der Waals surface area contributed by atoms with Gasteiger partial charge in [-0.3, -0.25) is 4.79 Å². The molecule has 0 aromatic heterocycles. The molecule has 0 heterocycles. The van der Waals surface area contributed by atoms with Gasteiger partial charge in [0.05, 0.1) is 18.6 Å². The van der Waals surface area contributed by atoms with Gasteiger partial charge in [-0.15, -0.1) is 6.42 Å². The van der Waals surface area contributed by atoms with Crippen molar-refractivity contribution >= 4 is 27.6 Å². The fraction of sp³-hybridized carbons (Fsp3) is 0.158. The SMILES string of the molecule is C#CCNS(=O)(=O)c1cccc(C(=O)Nc2ccc(OCC(=O)OC)cc2)c1. The number of esters is 1. The molecule has 9 heteroatoms. The van der Waals surface area contributed by atoms with E-state index in [2.05, 4.69) is 20.7 Å². The van der Waals surface area contributed by atoms with Gasteiger partial charge in [0.25, 0.3) is 5.91 Å². The average Bonchev–Trinajstić information content (AvgIpc) is 2.71. The van der Waals surface area contributed by atoms with Crippen LogP contribution in [0.2, 0.25) is 0 Å². The second kappa shape index (κ2) is 9.55. The summed E-state index contributed by atoms with van der Waals surface area (Å²) in [6.45, 7) is -0.375. The Labute approximate surface area is 162 Å². The molecular weight excluding hydrogens is 384 g/mol. The monoisotopic (exact) mass is 402 g/mol. The summed E-state index contributed by atoms with van der Waals surface area (Å²) in [5, 5.41) is 2.65. The van der Waals surface area contributed by atoms with Gasteiger partial charge in [0.2, 0.25) is 10.0 Å². The molecule has 0 bridgehead atoms. The zero-order chi connectivity index (χ0) is 20.6. The van der Waals surface area contributed by atoms with Crippen LogP contribution < -0.4 is 14.8 Å². The van der Waals surface area contributed by atoms with Crippen molar-refractivity contribution in [3.05, 3.63) is 54.1 Å². The van der Waals surface area contributed by atoms with Crippen molar-refractivity contribution in [2.24, 2.45) is 0 Å². The van der Waals surface area contributed by atoms with Gasteiger partial charge in [-0.2, -0.15) is 4.72 Å². The summed E-state index contributed by atoms with van der Waals surface area (Å²) in [4.78, 5) is 23.4. The molecule has 8 nitrogen and oxygen atoms in total.